The molecule has 2 aromatic carbocycles. The van der Waals surface area contributed by atoms with Crippen molar-refractivity contribution in [2.45, 2.75) is 46.3 Å². The van der Waals surface area contributed by atoms with E-state index in [1.807, 2.05) is 44.2 Å². The maximum Gasteiger partial charge on any atom is 0.224 e. The van der Waals surface area contributed by atoms with E-state index in [9.17, 15) is 14.0 Å². The summed E-state index contributed by atoms with van der Waals surface area (Å²) in [4.78, 5) is 28.0. The average Bonchev–Trinajstić information content (AvgIpc) is 2.64. The molecule has 0 saturated heterocycles. The molecule has 4 nitrogen and oxygen atoms in total. The van der Waals surface area contributed by atoms with Crippen molar-refractivity contribution in [3.05, 3.63) is 71.5 Å². The summed E-state index contributed by atoms with van der Waals surface area (Å²) in [6.45, 7) is 6.35. The lowest BCUT2D eigenvalue weighted by molar-refractivity contribution is -0.135. The number of nitrogens with zero attached hydrogens (tertiary/aromatic N) is 2. The van der Waals surface area contributed by atoms with Crippen LogP contribution in [-0.2, 0) is 22.7 Å². The molecule has 0 unspecified atom stereocenters. The zero-order valence-corrected chi connectivity index (χ0v) is 16.2. The fraction of sp³-hybridized carbons (Fsp3) is 0.364. The predicted octanol–water partition coefficient (Wildman–Crippen LogP) is 4.00. The van der Waals surface area contributed by atoms with E-state index in [1.165, 1.54) is 17.9 Å². The largest absolute Gasteiger partial charge is 0.338 e. The van der Waals surface area contributed by atoms with E-state index in [0.29, 0.717) is 12.1 Å². The Morgan fingerprint density at radius 3 is 2.19 bits per heavy atom. The van der Waals surface area contributed by atoms with Crippen molar-refractivity contribution >= 4 is 11.8 Å². The molecule has 0 fully saturated rings. The maximum absolute atomic E-state index is 13.9. The second-order valence-corrected chi connectivity index (χ2v) is 6.88. The van der Waals surface area contributed by atoms with Crippen molar-refractivity contribution in [1.29, 1.82) is 0 Å². The molecule has 2 amide bonds. The van der Waals surface area contributed by atoms with Crippen molar-refractivity contribution in [2.75, 3.05) is 6.54 Å². The third kappa shape index (κ3) is 6.20. The summed E-state index contributed by atoms with van der Waals surface area (Å²) in [6.07, 6.45) is 0.207. The Bertz CT molecular complexity index is 762. The number of rotatable bonds is 8. The van der Waals surface area contributed by atoms with Crippen LogP contribution in [0, 0.1) is 5.82 Å². The number of carbonyl (C=O) groups is 2. The van der Waals surface area contributed by atoms with Crippen LogP contribution in [-0.4, -0.2) is 34.2 Å². The molecule has 0 aliphatic rings. The predicted molar refractivity (Wildman–Crippen MR) is 104 cm³/mol. The van der Waals surface area contributed by atoms with Crippen LogP contribution in [0.1, 0.15) is 38.3 Å². The molecule has 2 aromatic rings. The minimum absolute atomic E-state index is 0.0198. The maximum atomic E-state index is 13.9. The SMILES string of the molecule is CC(=O)N(CCC(=O)N(Cc1ccccc1)C(C)C)Cc1ccccc1F. The Morgan fingerprint density at radius 2 is 1.59 bits per heavy atom. The molecule has 0 aromatic heterocycles. The van der Waals surface area contributed by atoms with Gasteiger partial charge in [0.2, 0.25) is 11.8 Å². The lowest BCUT2D eigenvalue weighted by Crippen LogP contribution is -2.39. The van der Waals surface area contributed by atoms with E-state index in [4.69, 9.17) is 0 Å². The zero-order valence-electron chi connectivity index (χ0n) is 16.2. The smallest absolute Gasteiger partial charge is 0.224 e. The number of hydrogen-bond donors (Lipinski definition) is 0. The molecule has 2 rings (SSSR count). The van der Waals surface area contributed by atoms with Gasteiger partial charge in [-0.25, -0.2) is 4.39 Å². The molecular formula is C22H27FN2O2. The lowest BCUT2D eigenvalue weighted by atomic mass is 10.1. The number of halogens is 1. The first-order valence-electron chi connectivity index (χ1n) is 9.20. The van der Waals surface area contributed by atoms with Gasteiger partial charge in [0.15, 0.2) is 0 Å². The van der Waals surface area contributed by atoms with Crippen molar-refractivity contribution < 1.29 is 14.0 Å². The first-order chi connectivity index (χ1) is 12.9. The minimum atomic E-state index is -0.344. The average molecular weight is 370 g/mol. The van der Waals surface area contributed by atoms with Crippen LogP contribution < -0.4 is 0 Å². The van der Waals surface area contributed by atoms with Crippen LogP contribution in [0.5, 0.6) is 0 Å². The minimum Gasteiger partial charge on any atom is -0.338 e. The van der Waals surface area contributed by atoms with E-state index in [1.54, 1.807) is 23.1 Å². The van der Waals surface area contributed by atoms with E-state index >= 15 is 0 Å². The summed E-state index contributed by atoms with van der Waals surface area (Å²) < 4.78 is 13.9. The van der Waals surface area contributed by atoms with Crippen LogP contribution in [0.3, 0.4) is 0 Å². The van der Waals surface area contributed by atoms with Gasteiger partial charge in [0, 0.05) is 44.6 Å². The third-order valence-electron chi connectivity index (χ3n) is 4.50. The fourth-order valence-corrected chi connectivity index (χ4v) is 2.89. The molecule has 0 N–H and O–H groups in total. The summed E-state index contributed by atoms with van der Waals surface area (Å²) in [5.41, 5.74) is 1.51. The highest BCUT2D eigenvalue weighted by Gasteiger charge is 2.20. The third-order valence-corrected chi connectivity index (χ3v) is 4.50. The molecule has 0 aliphatic carbocycles. The van der Waals surface area contributed by atoms with Crippen molar-refractivity contribution in [3.63, 3.8) is 0 Å². The van der Waals surface area contributed by atoms with Crippen LogP contribution in [0.25, 0.3) is 0 Å². The topological polar surface area (TPSA) is 40.6 Å². The summed E-state index contributed by atoms with van der Waals surface area (Å²) in [5.74, 6) is -0.540. The summed E-state index contributed by atoms with van der Waals surface area (Å²) >= 11 is 0. The Kier molecular flexibility index (Phi) is 7.53. The second-order valence-electron chi connectivity index (χ2n) is 6.88. The monoisotopic (exact) mass is 370 g/mol. The van der Waals surface area contributed by atoms with Gasteiger partial charge < -0.3 is 9.80 Å². The van der Waals surface area contributed by atoms with Gasteiger partial charge in [0.1, 0.15) is 5.82 Å². The summed E-state index contributed by atoms with van der Waals surface area (Å²) in [7, 11) is 0. The molecule has 144 valence electrons. The molecule has 0 radical (unpaired) electrons. The molecule has 27 heavy (non-hydrogen) atoms. The Morgan fingerprint density at radius 1 is 0.963 bits per heavy atom. The standard InChI is InChI=1S/C22H27FN2O2/c1-17(2)25(15-19-9-5-4-6-10-19)22(27)13-14-24(18(3)26)16-20-11-7-8-12-21(20)23/h4-12,17H,13-16H2,1-3H3. The lowest BCUT2D eigenvalue weighted by Gasteiger charge is -2.28. The van der Waals surface area contributed by atoms with Gasteiger partial charge >= 0.3 is 0 Å². The van der Waals surface area contributed by atoms with Gasteiger partial charge in [0.25, 0.3) is 0 Å². The molecule has 0 heterocycles. The van der Waals surface area contributed by atoms with Crippen molar-refractivity contribution in [2.24, 2.45) is 0 Å². The quantitative estimate of drug-likeness (QED) is 0.705. The van der Waals surface area contributed by atoms with Gasteiger partial charge in [-0.1, -0.05) is 48.5 Å². The van der Waals surface area contributed by atoms with Crippen LogP contribution in [0.2, 0.25) is 0 Å². The Labute approximate surface area is 160 Å². The number of hydrogen-bond acceptors (Lipinski definition) is 2. The van der Waals surface area contributed by atoms with Gasteiger partial charge in [-0.15, -0.1) is 0 Å². The summed E-state index contributed by atoms with van der Waals surface area (Å²) in [5, 5.41) is 0. The highest BCUT2D eigenvalue weighted by atomic mass is 19.1. The summed E-state index contributed by atoms with van der Waals surface area (Å²) in [6, 6.07) is 16.3. The van der Waals surface area contributed by atoms with Gasteiger partial charge in [-0.05, 0) is 25.5 Å². The van der Waals surface area contributed by atoms with E-state index in [2.05, 4.69) is 0 Å². The highest BCUT2D eigenvalue weighted by molar-refractivity contribution is 5.78. The van der Waals surface area contributed by atoms with Crippen LogP contribution >= 0.6 is 0 Å². The molecule has 0 bridgehead atoms. The van der Waals surface area contributed by atoms with Crippen LogP contribution in [0.15, 0.2) is 54.6 Å². The molecule has 5 heteroatoms. The number of benzene rings is 2. The Hall–Kier alpha value is -2.69. The normalized spacial score (nSPS) is 10.7. The number of amides is 2. The van der Waals surface area contributed by atoms with Crippen molar-refractivity contribution in [1.82, 2.24) is 9.80 Å². The second kappa shape index (κ2) is 9.86. The number of carbonyl (C=O) groups excluding carboxylic acids is 2. The molecule has 0 aliphatic heterocycles. The highest BCUT2D eigenvalue weighted by Crippen LogP contribution is 2.13. The molecule has 0 atom stereocenters. The Balaban J connectivity index is 2.00. The van der Waals surface area contributed by atoms with E-state index < -0.39 is 0 Å². The molecule has 0 spiro atoms. The van der Waals surface area contributed by atoms with E-state index in [-0.39, 0.29) is 43.2 Å². The van der Waals surface area contributed by atoms with Crippen LogP contribution in [0.4, 0.5) is 4.39 Å². The molecule has 0 saturated carbocycles. The fourth-order valence-electron chi connectivity index (χ4n) is 2.89. The van der Waals surface area contributed by atoms with Gasteiger partial charge in [-0.3, -0.25) is 9.59 Å². The van der Waals surface area contributed by atoms with Crippen molar-refractivity contribution in [3.8, 4) is 0 Å². The first kappa shape index (κ1) is 20.6. The van der Waals surface area contributed by atoms with Gasteiger partial charge in [0.05, 0.1) is 0 Å². The first-order valence-corrected chi connectivity index (χ1v) is 9.20. The zero-order chi connectivity index (χ0) is 19.8. The van der Waals surface area contributed by atoms with Gasteiger partial charge in [-0.2, -0.15) is 0 Å². The van der Waals surface area contributed by atoms with E-state index in [0.717, 1.165) is 5.56 Å². The molecular weight excluding hydrogens is 343 g/mol.